The van der Waals surface area contributed by atoms with E-state index < -0.39 is 0 Å². The first-order valence-corrected chi connectivity index (χ1v) is 10.6. The van der Waals surface area contributed by atoms with E-state index in [4.69, 9.17) is 9.47 Å². The average molecular weight is 397 g/mol. The first-order chi connectivity index (χ1) is 14.7. The molecule has 152 valence electrons. The maximum atomic E-state index is 6.36. The molecule has 0 saturated heterocycles. The zero-order valence-electron chi connectivity index (χ0n) is 17.6. The van der Waals surface area contributed by atoms with Gasteiger partial charge in [-0.05, 0) is 42.0 Å². The SMILES string of the molecule is C[C@H](C[C@H](C)Oc1ccc(-c2ccccc2)c2ccccc12)OCc1ccccc1. The summed E-state index contributed by atoms with van der Waals surface area (Å²) in [5.41, 5.74) is 3.64. The Morgan fingerprint density at radius 2 is 1.27 bits per heavy atom. The summed E-state index contributed by atoms with van der Waals surface area (Å²) in [6, 6.07) is 33.5. The number of ether oxygens (including phenoxy) is 2. The third-order valence-electron chi connectivity index (χ3n) is 5.34. The van der Waals surface area contributed by atoms with Gasteiger partial charge in [0.1, 0.15) is 5.75 Å². The summed E-state index contributed by atoms with van der Waals surface area (Å²) in [6.07, 6.45) is 1.01. The Balaban J connectivity index is 1.46. The minimum absolute atomic E-state index is 0.0572. The van der Waals surface area contributed by atoms with E-state index in [9.17, 15) is 0 Å². The minimum Gasteiger partial charge on any atom is -0.490 e. The van der Waals surface area contributed by atoms with Gasteiger partial charge in [0.05, 0.1) is 18.8 Å². The van der Waals surface area contributed by atoms with Crippen molar-refractivity contribution in [1.82, 2.24) is 0 Å². The predicted octanol–water partition coefficient (Wildman–Crippen LogP) is 7.27. The van der Waals surface area contributed by atoms with Crippen LogP contribution in [0, 0.1) is 0 Å². The molecule has 0 N–H and O–H groups in total. The van der Waals surface area contributed by atoms with Crippen LogP contribution in [0.15, 0.2) is 97.1 Å². The van der Waals surface area contributed by atoms with Gasteiger partial charge in [-0.25, -0.2) is 0 Å². The molecular formula is C28H28O2. The van der Waals surface area contributed by atoms with Crippen molar-refractivity contribution in [2.75, 3.05) is 0 Å². The second kappa shape index (κ2) is 9.60. The van der Waals surface area contributed by atoms with Crippen molar-refractivity contribution in [3.63, 3.8) is 0 Å². The van der Waals surface area contributed by atoms with Gasteiger partial charge in [0.15, 0.2) is 0 Å². The van der Waals surface area contributed by atoms with E-state index >= 15 is 0 Å². The summed E-state index contributed by atoms with van der Waals surface area (Å²) in [7, 11) is 0. The van der Waals surface area contributed by atoms with Gasteiger partial charge in [-0.3, -0.25) is 0 Å². The molecule has 0 bridgehead atoms. The van der Waals surface area contributed by atoms with Crippen molar-refractivity contribution in [3.8, 4) is 16.9 Å². The summed E-state index contributed by atoms with van der Waals surface area (Å²) in [5, 5.41) is 2.35. The highest BCUT2D eigenvalue weighted by Crippen LogP contribution is 2.35. The van der Waals surface area contributed by atoms with Crippen molar-refractivity contribution < 1.29 is 9.47 Å². The van der Waals surface area contributed by atoms with Crippen LogP contribution in [0.25, 0.3) is 21.9 Å². The van der Waals surface area contributed by atoms with Gasteiger partial charge in [0.25, 0.3) is 0 Å². The van der Waals surface area contributed by atoms with Gasteiger partial charge in [-0.15, -0.1) is 0 Å². The van der Waals surface area contributed by atoms with Gasteiger partial charge in [0.2, 0.25) is 0 Å². The fourth-order valence-corrected chi connectivity index (χ4v) is 3.86. The summed E-state index contributed by atoms with van der Waals surface area (Å²) < 4.78 is 12.4. The first kappa shape index (κ1) is 20.2. The van der Waals surface area contributed by atoms with E-state index in [-0.39, 0.29) is 12.2 Å². The van der Waals surface area contributed by atoms with E-state index in [2.05, 4.69) is 86.6 Å². The Morgan fingerprint density at radius 1 is 0.633 bits per heavy atom. The number of benzene rings is 4. The Kier molecular flexibility index (Phi) is 6.46. The molecule has 4 aromatic rings. The lowest BCUT2D eigenvalue weighted by Gasteiger charge is -2.21. The van der Waals surface area contributed by atoms with Gasteiger partial charge >= 0.3 is 0 Å². The molecule has 0 aliphatic heterocycles. The maximum absolute atomic E-state index is 6.36. The van der Waals surface area contributed by atoms with Gasteiger partial charge < -0.3 is 9.47 Å². The zero-order chi connectivity index (χ0) is 20.8. The normalized spacial score (nSPS) is 13.1. The molecule has 0 heterocycles. The van der Waals surface area contributed by atoms with Gasteiger partial charge in [-0.1, -0.05) is 91.0 Å². The topological polar surface area (TPSA) is 18.5 Å². The highest BCUT2D eigenvalue weighted by atomic mass is 16.5. The fraction of sp³-hybridized carbons (Fsp3) is 0.214. The van der Waals surface area contributed by atoms with E-state index in [1.54, 1.807) is 0 Å². The number of hydrogen-bond acceptors (Lipinski definition) is 2. The molecule has 0 aliphatic rings. The van der Waals surface area contributed by atoms with Crippen LogP contribution >= 0.6 is 0 Å². The third-order valence-corrected chi connectivity index (χ3v) is 5.34. The molecule has 0 radical (unpaired) electrons. The monoisotopic (exact) mass is 396 g/mol. The largest absolute Gasteiger partial charge is 0.490 e. The number of fused-ring (bicyclic) bond motifs is 1. The van der Waals surface area contributed by atoms with Crippen LogP contribution in [0.2, 0.25) is 0 Å². The maximum Gasteiger partial charge on any atom is 0.127 e. The van der Waals surface area contributed by atoms with Crippen molar-refractivity contribution in [3.05, 3.63) is 103 Å². The van der Waals surface area contributed by atoms with Crippen molar-refractivity contribution in [2.24, 2.45) is 0 Å². The summed E-state index contributed by atoms with van der Waals surface area (Å²) in [4.78, 5) is 0. The Morgan fingerprint density at radius 3 is 2.00 bits per heavy atom. The van der Waals surface area contributed by atoms with E-state index in [0.29, 0.717) is 6.61 Å². The lowest BCUT2D eigenvalue weighted by Crippen LogP contribution is -2.20. The predicted molar refractivity (Wildman–Crippen MR) is 125 cm³/mol. The molecule has 0 aliphatic carbocycles. The quantitative estimate of drug-likeness (QED) is 0.312. The Hall–Kier alpha value is -3.10. The van der Waals surface area contributed by atoms with E-state index in [1.165, 1.54) is 22.1 Å². The molecule has 30 heavy (non-hydrogen) atoms. The van der Waals surface area contributed by atoms with Crippen molar-refractivity contribution >= 4 is 10.8 Å². The van der Waals surface area contributed by atoms with Crippen LogP contribution in [0.4, 0.5) is 0 Å². The molecule has 2 nitrogen and oxygen atoms in total. The number of rotatable bonds is 8. The molecule has 2 heteroatoms. The van der Waals surface area contributed by atoms with E-state index in [0.717, 1.165) is 17.6 Å². The zero-order valence-corrected chi connectivity index (χ0v) is 17.6. The molecule has 0 spiro atoms. The molecule has 0 saturated carbocycles. The smallest absolute Gasteiger partial charge is 0.127 e. The minimum atomic E-state index is 0.0572. The standard InChI is InChI=1S/C28H28O2/c1-21(29-20-23-11-5-3-6-12-23)19-22(2)30-28-18-17-25(24-13-7-4-8-14-24)26-15-9-10-16-27(26)28/h3-18,21-22H,19-20H2,1-2H3/t21-,22+/m1/s1. The van der Waals surface area contributed by atoms with Crippen molar-refractivity contribution in [2.45, 2.75) is 39.1 Å². The molecule has 2 atom stereocenters. The lowest BCUT2D eigenvalue weighted by atomic mass is 9.98. The molecule has 4 rings (SSSR count). The van der Waals surface area contributed by atoms with Crippen LogP contribution in [-0.2, 0) is 11.3 Å². The summed E-state index contributed by atoms with van der Waals surface area (Å²) in [5.74, 6) is 0.924. The van der Waals surface area contributed by atoms with Crippen LogP contribution in [0.3, 0.4) is 0 Å². The summed E-state index contributed by atoms with van der Waals surface area (Å²) >= 11 is 0. The molecule has 0 unspecified atom stereocenters. The average Bonchev–Trinajstić information content (AvgIpc) is 2.79. The van der Waals surface area contributed by atoms with Gasteiger partial charge in [-0.2, -0.15) is 0 Å². The molecule has 0 fully saturated rings. The fourth-order valence-electron chi connectivity index (χ4n) is 3.86. The first-order valence-electron chi connectivity index (χ1n) is 10.6. The highest BCUT2D eigenvalue weighted by Gasteiger charge is 2.14. The molecule has 0 aromatic heterocycles. The second-order valence-electron chi connectivity index (χ2n) is 7.79. The van der Waals surface area contributed by atoms with Gasteiger partial charge in [0, 0.05) is 11.8 Å². The number of hydrogen-bond donors (Lipinski definition) is 0. The van der Waals surface area contributed by atoms with Crippen LogP contribution in [0.1, 0.15) is 25.8 Å². The molecule has 0 amide bonds. The highest BCUT2D eigenvalue weighted by molar-refractivity contribution is 6.00. The molecule has 4 aromatic carbocycles. The van der Waals surface area contributed by atoms with Crippen LogP contribution in [0.5, 0.6) is 5.75 Å². The van der Waals surface area contributed by atoms with Crippen molar-refractivity contribution in [1.29, 1.82) is 0 Å². The summed E-state index contributed by atoms with van der Waals surface area (Å²) in [6.45, 7) is 4.85. The van der Waals surface area contributed by atoms with Crippen LogP contribution < -0.4 is 4.74 Å². The Bertz CT molecular complexity index is 1070. The second-order valence-corrected chi connectivity index (χ2v) is 7.79. The van der Waals surface area contributed by atoms with E-state index in [1.807, 2.05) is 24.3 Å². The lowest BCUT2D eigenvalue weighted by molar-refractivity contribution is 0.0244. The third kappa shape index (κ3) is 4.90. The Labute approximate surface area is 179 Å². The van der Waals surface area contributed by atoms with Crippen LogP contribution in [-0.4, -0.2) is 12.2 Å². The molecular weight excluding hydrogens is 368 g/mol.